The highest BCUT2D eigenvalue weighted by atomic mass is 32.2. The molecule has 1 aromatic carbocycles. The van der Waals surface area contributed by atoms with Crippen molar-refractivity contribution in [2.24, 2.45) is 0 Å². The molecule has 0 aliphatic carbocycles. The predicted molar refractivity (Wildman–Crippen MR) is 79.6 cm³/mol. The van der Waals surface area contributed by atoms with Crippen molar-refractivity contribution in [1.82, 2.24) is 5.32 Å². The molecule has 0 aliphatic heterocycles. The molecule has 0 aromatic heterocycles. The van der Waals surface area contributed by atoms with Crippen LogP contribution in [0.5, 0.6) is 0 Å². The topological polar surface area (TPSA) is 12.0 Å². The third kappa shape index (κ3) is 5.91. The Morgan fingerprint density at radius 2 is 1.89 bits per heavy atom. The molecule has 1 N–H and O–H groups in total. The highest BCUT2D eigenvalue weighted by molar-refractivity contribution is 7.98. The summed E-state index contributed by atoms with van der Waals surface area (Å²) in [4.78, 5) is 0. The summed E-state index contributed by atoms with van der Waals surface area (Å²) in [7, 11) is 0. The number of nitrogens with one attached hydrogen (secondary N) is 1. The van der Waals surface area contributed by atoms with Crippen LogP contribution in [-0.4, -0.2) is 18.6 Å². The number of hydrogen-bond acceptors (Lipinski definition) is 2. The number of thioether (sulfide) groups is 1. The van der Waals surface area contributed by atoms with Gasteiger partial charge in [-0.3, -0.25) is 0 Å². The lowest BCUT2D eigenvalue weighted by molar-refractivity contribution is 0.468. The van der Waals surface area contributed by atoms with Gasteiger partial charge in [-0.1, -0.05) is 25.0 Å². The van der Waals surface area contributed by atoms with Crippen LogP contribution in [0.4, 0.5) is 8.78 Å². The van der Waals surface area contributed by atoms with Crippen LogP contribution >= 0.6 is 11.8 Å². The molecule has 0 amide bonds. The molecule has 4 heteroatoms. The standard InChI is InChI=1S/C15H23F2NS/c1-12(13-8-7-9-14(16)15(13)17)18-10-5-3-4-6-11-19-2/h7-9,12,18H,3-6,10-11H2,1-2H3. The highest BCUT2D eigenvalue weighted by Gasteiger charge is 2.13. The van der Waals surface area contributed by atoms with Crippen molar-refractivity contribution in [1.29, 1.82) is 0 Å². The molecule has 0 fully saturated rings. The fourth-order valence-corrected chi connectivity index (χ4v) is 2.50. The van der Waals surface area contributed by atoms with Crippen LogP contribution in [-0.2, 0) is 0 Å². The van der Waals surface area contributed by atoms with Crippen LogP contribution in [0.3, 0.4) is 0 Å². The van der Waals surface area contributed by atoms with Crippen LogP contribution in [0.2, 0.25) is 0 Å². The summed E-state index contributed by atoms with van der Waals surface area (Å²) in [5.74, 6) is -0.288. The van der Waals surface area contributed by atoms with Gasteiger partial charge in [0.15, 0.2) is 11.6 Å². The average Bonchev–Trinajstić information content (AvgIpc) is 2.40. The second-order valence-corrected chi connectivity index (χ2v) is 5.71. The zero-order valence-corrected chi connectivity index (χ0v) is 12.5. The van der Waals surface area contributed by atoms with Gasteiger partial charge in [0.05, 0.1) is 0 Å². The predicted octanol–water partition coefficient (Wildman–Crippen LogP) is 4.54. The van der Waals surface area contributed by atoms with E-state index in [-0.39, 0.29) is 6.04 Å². The summed E-state index contributed by atoms with van der Waals surface area (Å²) < 4.78 is 26.6. The highest BCUT2D eigenvalue weighted by Crippen LogP contribution is 2.18. The van der Waals surface area contributed by atoms with Gasteiger partial charge in [0.1, 0.15) is 0 Å². The Kier molecular flexibility index (Phi) is 8.07. The third-order valence-corrected chi connectivity index (χ3v) is 3.87. The van der Waals surface area contributed by atoms with Gasteiger partial charge < -0.3 is 5.32 Å². The molecule has 0 saturated carbocycles. The first-order valence-corrected chi connectivity index (χ1v) is 8.22. The minimum Gasteiger partial charge on any atom is -0.310 e. The Labute approximate surface area is 119 Å². The van der Waals surface area contributed by atoms with Gasteiger partial charge in [0.25, 0.3) is 0 Å². The molecule has 0 spiro atoms. The zero-order valence-electron chi connectivity index (χ0n) is 11.7. The summed E-state index contributed by atoms with van der Waals surface area (Å²) in [5.41, 5.74) is 0.405. The molecule has 1 nitrogen and oxygen atoms in total. The van der Waals surface area contributed by atoms with Crippen molar-refractivity contribution in [3.05, 3.63) is 35.4 Å². The molecule has 1 unspecified atom stereocenters. The van der Waals surface area contributed by atoms with Crippen LogP contribution in [0.25, 0.3) is 0 Å². The third-order valence-electron chi connectivity index (χ3n) is 3.17. The monoisotopic (exact) mass is 287 g/mol. The van der Waals surface area contributed by atoms with E-state index in [4.69, 9.17) is 0 Å². The Balaban J connectivity index is 2.24. The van der Waals surface area contributed by atoms with E-state index in [0.29, 0.717) is 5.56 Å². The van der Waals surface area contributed by atoms with Crippen molar-refractivity contribution in [2.45, 2.75) is 38.6 Å². The molecular weight excluding hydrogens is 264 g/mol. The van der Waals surface area contributed by atoms with Crippen molar-refractivity contribution in [3.8, 4) is 0 Å². The second-order valence-electron chi connectivity index (χ2n) is 4.73. The van der Waals surface area contributed by atoms with Crippen molar-refractivity contribution in [3.63, 3.8) is 0 Å². The summed E-state index contributed by atoms with van der Waals surface area (Å²) >= 11 is 1.88. The van der Waals surface area contributed by atoms with Gasteiger partial charge in [-0.15, -0.1) is 0 Å². The van der Waals surface area contributed by atoms with Crippen molar-refractivity contribution >= 4 is 11.8 Å². The minimum absolute atomic E-state index is 0.151. The van der Waals surface area contributed by atoms with Crippen LogP contribution in [0, 0.1) is 11.6 Å². The largest absolute Gasteiger partial charge is 0.310 e. The van der Waals surface area contributed by atoms with E-state index in [2.05, 4.69) is 11.6 Å². The van der Waals surface area contributed by atoms with Gasteiger partial charge in [0.2, 0.25) is 0 Å². The maximum atomic E-state index is 13.5. The lowest BCUT2D eigenvalue weighted by Crippen LogP contribution is -2.21. The minimum atomic E-state index is -0.775. The molecule has 0 radical (unpaired) electrons. The number of halogens is 2. The van der Waals surface area contributed by atoms with E-state index in [1.54, 1.807) is 12.1 Å². The zero-order chi connectivity index (χ0) is 14.1. The van der Waals surface area contributed by atoms with E-state index >= 15 is 0 Å². The van der Waals surface area contributed by atoms with E-state index in [1.165, 1.54) is 25.0 Å². The number of rotatable bonds is 9. The van der Waals surface area contributed by atoms with Gasteiger partial charge in [-0.25, -0.2) is 8.78 Å². The van der Waals surface area contributed by atoms with E-state index in [9.17, 15) is 8.78 Å². The second kappa shape index (κ2) is 9.32. The Morgan fingerprint density at radius 1 is 1.16 bits per heavy atom. The summed E-state index contributed by atoms with van der Waals surface area (Å²) in [6.45, 7) is 2.71. The fraction of sp³-hybridized carbons (Fsp3) is 0.600. The lowest BCUT2D eigenvalue weighted by atomic mass is 10.1. The Hall–Kier alpha value is -0.610. The van der Waals surface area contributed by atoms with Crippen LogP contribution in [0.1, 0.15) is 44.2 Å². The fourth-order valence-electron chi connectivity index (χ4n) is 2.01. The quantitative estimate of drug-likeness (QED) is 0.669. The molecule has 1 rings (SSSR count). The lowest BCUT2D eigenvalue weighted by Gasteiger charge is -2.15. The average molecular weight is 287 g/mol. The van der Waals surface area contributed by atoms with Crippen LogP contribution < -0.4 is 5.32 Å². The van der Waals surface area contributed by atoms with Crippen LogP contribution in [0.15, 0.2) is 18.2 Å². The normalized spacial score (nSPS) is 12.6. The van der Waals surface area contributed by atoms with Crippen molar-refractivity contribution in [2.75, 3.05) is 18.6 Å². The van der Waals surface area contributed by atoms with Gasteiger partial charge in [0, 0.05) is 11.6 Å². The molecule has 0 bridgehead atoms. The molecule has 108 valence electrons. The first-order chi connectivity index (χ1) is 9.16. The molecule has 1 aromatic rings. The summed E-state index contributed by atoms with van der Waals surface area (Å²) in [5, 5.41) is 3.25. The van der Waals surface area contributed by atoms with Gasteiger partial charge in [-0.05, 0) is 44.4 Å². The smallest absolute Gasteiger partial charge is 0.163 e. The van der Waals surface area contributed by atoms with E-state index in [1.807, 2.05) is 18.7 Å². The molecule has 0 aliphatic rings. The number of unbranched alkanes of at least 4 members (excludes halogenated alkanes) is 3. The Bertz CT molecular complexity index is 371. The SMILES string of the molecule is CSCCCCCCNC(C)c1cccc(F)c1F. The number of benzene rings is 1. The first-order valence-electron chi connectivity index (χ1n) is 6.83. The number of hydrogen-bond donors (Lipinski definition) is 1. The molecule has 0 heterocycles. The van der Waals surface area contributed by atoms with Crippen molar-refractivity contribution < 1.29 is 8.78 Å². The molecular formula is C15H23F2NS. The summed E-state index contributed by atoms with van der Waals surface area (Å²) in [6, 6.07) is 4.18. The van der Waals surface area contributed by atoms with Gasteiger partial charge in [-0.2, -0.15) is 11.8 Å². The molecule has 19 heavy (non-hydrogen) atoms. The Morgan fingerprint density at radius 3 is 2.63 bits per heavy atom. The maximum absolute atomic E-state index is 13.5. The van der Waals surface area contributed by atoms with E-state index < -0.39 is 11.6 Å². The van der Waals surface area contributed by atoms with E-state index in [0.717, 1.165) is 19.0 Å². The van der Waals surface area contributed by atoms with Gasteiger partial charge >= 0.3 is 0 Å². The maximum Gasteiger partial charge on any atom is 0.163 e. The summed E-state index contributed by atoms with van der Waals surface area (Å²) in [6.07, 6.45) is 6.89. The first kappa shape index (κ1) is 16.4. The molecule has 1 atom stereocenters. The molecule has 0 saturated heterocycles.